The van der Waals surface area contributed by atoms with Crippen LogP contribution in [0.4, 0.5) is 5.69 Å². The lowest BCUT2D eigenvalue weighted by Crippen LogP contribution is -2.49. The number of aliphatic hydroxyl groups excluding tert-OH is 2. The van der Waals surface area contributed by atoms with Crippen molar-refractivity contribution in [1.82, 2.24) is 4.90 Å². The van der Waals surface area contributed by atoms with E-state index in [1.807, 2.05) is 18.2 Å². The molecule has 1 aromatic rings. The highest BCUT2D eigenvalue weighted by Crippen LogP contribution is 2.32. The third-order valence-corrected chi connectivity index (χ3v) is 3.93. The van der Waals surface area contributed by atoms with Crippen molar-refractivity contribution in [1.29, 1.82) is 0 Å². The van der Waals surface area contributed by atoms with Gasteiger partial charge in [-0.15, -0.1) is 0 Å². The zero-order valence-electron chi connectivity index (χ0n) is 15.8. The van der Waals surface area contributed by atoms with Crippen LogP contribution in [0.3, 0.4) is 0 Å². The molecular formula is C18H32N2O5. The molecule has 1 aromatic carbocycles. The Bertz CT molecular complexity index is 479. The minimum absolute atomic E-state index is 0.250. The second-order valence-corrected chi connectivity index (χ2v) is 5.75. The Morgan fingerprint density at radius 2 is 1.72 bits per heavy atom. The standard InChI is InChI=1S/C16H26N2O4.C2H6O/c1-20-12-13(19)11-17-6-8-18(9-7-17)15-5-4-14(21-2)10-16(15)22-3;1-2-3/h4-5,10,13,19H,6-9,11-12H2,1-3H3;3H,2H2,1H3. The highest BCUT2D eigenvalue weighted by Gasteiger charge is 2.21. The Kier molecular flexibility index (Phi) is 10.3. The van der Waals surface area contributed by atoms with Crippen molar-refractivity contribution in [3.8, 4) is 11.5 Å². The van der Waals surface area contributed by atoms with Crippen LogP contribution in [0.2, 0.25) is 0 Å². The van der Waals surface area contributed by atoms with Gasteiger partial charge in [-0.25, -0.2) is 0 Å². The number of ether oxygens (including phenoxy) is 3. The van der Waals surface area contributed by atoms with Crippen molar-refractivity contribution in [3.05, 3.63) is 18.2 Å². The predicted octanol–water partition coefficient (Wildman–Crippen LogP) is 0.832. The fourth-order valence-corrected chi connectivity index (χ4v) is 2.76. The topological polar surface area (TPSA) is 74.6 Å². The Hall–Kier alpha value is -1.54. The summed E-state index contributed by atoms with van der Waals surface area (Å²) in [6.45, 7) is 6.60. The van der Waals surface area contributed by atoms with Crippen LogP contribution in [0, 0.1) is 0 Å². The minimum Gasteiger partial charge on any atom is -0.497 e. The van der Waals surface area contributed by atoms with Crippen LogP contribution in [0.15, 0.2) is 18.2 Å². The van der Waals surface area contributed by atoms with Crippen LogP contribution in [0.5, 0.6) is 11.5 Å². The summed E-state index contributed by atoms with van der Waals surface area (Å²) in [5.74, 6) is 1.62. The maximum absolute atomic E-state index is 9.81. The van der Waals surface area contributed by atoms with Crippen molar-refractivity contribution in [2.75, 3.05) is 72.2 Å². The number of β-amino-alcohol motifs (C(OH)–C–C–N with tert-alkyl or cyclic N) is 1. The second kappa shape index (κ2) is 11.9. The molecule has 1 aliphatic heterocycles. The molecule has 0 aromatic heterocycles. The van der Waals surface area contributed by atoms with Crippen LogP contribution in [-0.4, -0.2) is 88.5 Å². The van der Waals surface area contributed by atoms with Crippen molar-refractivity contribution in [3.63, 3.8) is 0 Å². The summed E-state index contributed by atoms with van der Waals surface area (Å²) in [6.07, 6.45) is -0.424. The Balaban J connectivity index is 0.000000970. The van der Waals surface area contributed by atoms with E-state index in [9.17, 15) is 5.11 Å². The van der Waals surface area contributed by atoms with Crippen molar-refractivity contribution >= 4 is 5.69 Å². The van der Waals surface area contributed by atoms with E-state index in [0.29, 0.717) is 13.2 Å². The largest absolute Gasteiger partial charge is 0.497 e. The Morgan fingerprint density at radius 3 is 2.24 bits per heavy atom. The van der Waals surface area contributed by atoms with Gasteiger partial charge in [-0.2, -0.15) is 0 Å². The van der Waals surface area contributed by atoms with E-state index in [4.69, 9.17) is 19.3 Å². The summed E-state index contributed by atoms with van der Waals surface area (Å²) in [6, 6.07) is 5.89. The molecule has 0 bridgehead atoms. The fourth-order valence-electron chi connectivity index (χ4n) is 2.76. The van der Waals surface area contributed by atoms with Crippen molar-refractivity contribution in [2.24, 2.45) is 0 Å². The van der Waals surface area contributed by atoms with E-state index < -0.39 is 6.10 Å². The summed E-state index contributed by atoms with van der Waals surface area (Å²) in [5.41, 5.74) is 1.08. The zero-order chi connectivity index (χ0) is 18.7. The molecule has 0 amide bonds. The molecule has 0 radical (unpaired) electrons. The number of benzene rings is 1. The van der Waals surface area contributed by atoms with Gasteiger partial charge in [-0.1, -0.05) is 0 Å². The van der Waals surface area contributed by atoms with E-state index >= 15 is 0 Å². The quantitative estimate of drug-likeness (QED) is 0.750. The molecule has 0 saturated carbocycles. The number of hydrogen-bond donors (Lipinski definition) is 2. The predicted molar refractivity (Wildman–Crippen MR) is 98.8 cm³/mol. The molecule has 1 atom stereocenters. The Morgan fingerprint density at radius 1 is 1.08 bits per heavy atom. The Labute approximate surface area is 150 Å². The van der Waals surface area contributed by atoms with Gasteiger partial charge >= 0.3 is 0 Å². The molecule has 2 N–H and O–H groups in total. The van der Waals surface area contributed by atoms with Crippen molar-refractivity contribution in [2.45, 2.75) is 13.0 Å². The summed E-state index contributed by atoms with van der Waals surface area (Å²) in [7, 11) is 4.94. The van der Waals surface area contributed by atoms with Crippen LogP contribution in [0.1, 0.15) is 6.92 Å². The molecule has 1 heterocycles. The number of nitrogens with zero attached hydrogens (tertiary/aromatic N) is 2. The van der Waals surface area contributed by atoms with E-state index in [1.165, 1.54) is 0 Å². The van der Waals surface area contributed by atoms with E-state index in [2.05, 4.69) is 9.80 Å². The molecule has 1 aliphatic rings. The molecule has 25 heavy (non-hydrogen) atoms. The number of methoxy groups -OCH3 is 3. The first kappa shape index (κ1) is 21.5. The van der Waals surface area contributed by atoms with E-state index in [-0.39, 0.29) is 6.61 Å². The molecule has 2 rings (SSSR count). The highest BCUT2D eigenvalue weighted by atomic mass is 16.5. The molecule has 1 unspecified atom stereocenters. The molecule has 1 saturated heterocycles. The first-order valence-electron chi connectivity index (χ1n) is 8.56. The smallest absolute Gasteiger partial charge is 0.145 e. The van der Waals surface area contributed by atoms with Gasteiger partial charge < -0.3 is 29.3 Å². The summed E-state index contributed by atoms with van der Waals surface area (Å²) < 4.78 is 15.7. The number of hydrogen-bond acceptors (Lipinski definition) is 7. The van der Waals surface area contributed by atoms with Gasteiger partial charge in [0, 0.05) is 52.5 Å². The van der Waals surface area contributed by atoms with E-state index in [1.54, 1.807) is 28.3 Å². The lowest BCUT2D eigenvalue weighted by atomic mass is 10.2. The molecule has 7 heteroatoms. The van der Waals surface area contributed by atoms with Crippen LogP contribution >= 0.6 is 0 Å². The third-order valence-electron chi connectivity index (χ3n) is 3.93. The van der Waals surface area contributed by atoms with Gasteiger partial charge in [-0.05, 0) is 19.1 Å². The van der Waals surface area contributed by atoms with Gasteiger partial charge in [0.1, 0.15) is 11.5 Å². The maximum Gasteiger partial charge on any atom is 0.145 e. The minimum atomic E-state index is -0.424. The molecule has 1 fully saturated rings. The summed E-state index contributed by atoms with van der Waals surface area (Å²) in [5, 5.41) is 17.4. The zero-order valence-corrected chi connectivity index (χ0v) is 15.8. The summed E-state index contributed by atoms with van der Waals surface area (Å²) in [4.78, 5) is 4.56. The lowest BCUT2D eigenvalue weighted by Gasteiger charge is -2.37. The van der Waals surface area contributed by atoms with Gasteiger partial charge in [-0.3, -0.25) is 4.90 Å². The van der Waals surface area contributed by atoms with Gasteiger partial charge in [0.2, 0.25) is 0 Å². The maximum atomic E-state index is 9.81. The third kappa shape index (κ3) is 7.07. The average Bonchev–Trinajstić information content (AvgIpc) is 2.62. The molecule has 144 valence electrons. The molecular weight excluding hydrogens is 324 g/mol. The SMILES string of the molecule is CCO.COCC(O)CN1CCN(c2ccc(OC)cc2OC)CC1. The van der Waals surface area contributed by atoms with Crippen molar-refractivity contribution < 1.29 is 24.4 Å². The normalized spacial score (nSPS) is 16.0. The van der Waals surface area contributed by atoms with Crippen LogP contribution < -0.4 is 14.4 Å². The molecule has 7 nitrogen and oxygen atoms in total. The fraction of sp³-hybridized carbons (Fsp3) is 0.667. The number of aliphatic hydroxyl groups is 2. The molecule has 0 aliphatic carbocycles. The van der Waals surface area contributed by atoms with Gasteiger partial charge in [0.05, 0.1) is 32.6 Å². The van der Waals surface area contributed by atoms with E-state index in [0.717, 1.165) is 43.4 Å². The van der Waals surface area contributed by atoms with Crippen LogP contribution in [-0.2, 0) is 4.74 Å². The van der Waals surface area contributed by atoms with Gasteiger partial charge in [0.15, 0.2) is 0 Å². The second-order valence-electron chi connectivity index (χ2n) is 5.75. The number of rotatable bonds is 7. The number of piperazine rings is 1. The number of anilines is 1. The van der Waals surface area contributed by atoms with Gasteiger partial charge in [0.25, 0.3) is 0 Å². The lowest BCUT2D eigenvalue weighted by molar-refractivity contribution is 0.0365. The summed E-state index contributed by atoms with van der Waals surface area (Å²) >= 11 is 0. The molecule has 0 spiro atoms. The monoisotopic (exact) mass is 356 g/mol. The highest BCUT2D eigenvalue weighted by molar-refractivity contribution is 5.61. The first-order chi connectivity index (χ1) is 12.1. The van der Waals surface area contributed by atoms with Crippen LogP contribution in [0.25, 0.3) is 0 Å². The first-order valence-corrected chi connectivity index (χ1v) is 8.56. The average molecular weight is 356 g/mol.